The summed E-state index contributed by atoms with van der Waals surface area (Å²) in [6.45, 7) is 4.59. The molecule has 0 aliphatic heterocycles. The van der Waals surface area contributed by atoms with Gasteiger partial charge in [-0.2, -0.15) is 13.2 Å². The predicted molar refractivity (Wildman–Crippen MR) is 93.1 cm³/mol. The fourth-order valence-corrected chi connectivity index (χ4v) is 3.12. The molecule has 1 amide bonds. The highest BCUT2D eigenvalue weighted by Crippen LogP contribution is 2.36. The molecular formula is C17H17F3N2O4S. The number of amides is 1. The number of carbonyl (C=O) groups excluding carboxylic acids is 2. The van der Waals surface area contributed by atoms with Crippen molar-refractivity contribution in [1.29, 1.82) is 0 Å². The molecule has 0 unspecified atom stereocenters. The van der Waals surface area contributed by atoms with Gasteiger partial charge in [-0.25, -0.2) is 9.78 Å². The van der Waals surface area contributed by atoms with Crippen LogP contribution in [0.1, 0.15) is 33.4 Å². The number of aryl methyl sites for hydroxylation is 2. The van der Waals surface area contributed by atoms with Crippen LogP contribution in [0.5, 0.6) is 5.75 Å². The van der Waals surface area contributed by atoms with Crippen molar-refractivity contribution in [3.63, 3.8) is 0 Å². The second-order valence-electron chi connectivity index (χ2n) is 5.47. The van der Waals surface area contributed by atoms with E-state index in [9.17, 15) is 22.8 Å². The molecule has 0 radical (unpaired) electrons. The molecule has 27 heavy (non-hydrogen) atoms. The predicted octanol–water partition coefficient (Wildman–Crippen LogP) is 3.97. The van der Waals surface area contributed by atoms with Crippen LogP contribution >= 0.6 is 11.3 Å². The van der Waals surface area contributed by atoms with Crippen LogP contribution in [0.25, 0.3) is 0 Å². The Hall–Kier alpha value is -2.62. The lowest BCUT2D eigenvalue weighted by Crippen LogP contribution is -2.20. The van der Waals surface area contributed by atoms with E-state index in [-0.39, 0.29) is 11.7 Å². The number of anilines is 1. The lowest BCUT2D eigenvalue weighted by Gasteiger charge is -2.11. The number of halogens is 3. The van der Waals surface area contributed by atoms with E-state index in [2.05, 4.69) is 15.0 Å². The maximum Gasteiger partial charge on any atom is 0.435 e. The number of ether oxygens (including phenoxy) is 2. The molecule has 6 nitrogen and oxygen atoms in total. The minimum absolute atomic E-state index is 0.0840. The quantitative estimate of drug-likeness (QED) is 0.740. The number of benzene rings is 1. The second-order valence-corrected chi connectivity index (χ2v) is 6.47. The Labute approximate surface area is 157 Å². The van der Waals surface area contributed by atoms with E-state index >= 15 is 0 Å². The number of thiazole rings is 1. The third-order valence-electron chi connectivity index (χ3n) is 3.36. The van der Waals surface area contributed by atoms with E-state index in [0.717, 1.165) is 11.1 Å². The normalized spacial score (nSPS) is 11.2. The summed E-state index contributed by atoms with van der Waals surface area (Å²) in [5.74, 6) is -1.32. The second kappa shape index (κ2) is 8.38. The van der Waals surface area contributed by atoms with Gasteiger partial charge in [0.15, 0.2) is 17.4 Å². The summed E-state index contributed by atoms with van der Waals surface area (Å²) in [7, 11) is 0. The van der Waals surface area contributed by atoms with Crippen molar-refractivity contribution in [3.8, 4) is 5.75 Å². The van der Waals surface area contributed by atoms with E-state index in [1.807, 2.05) is 32.0 Å². The topological polar surface area (TPSA) is 77.5 Å². The van der Waals surface area contributed by atoms with E-state index in [0.29, 0.717) is 17.1 Å². The van der Waals surface area contributed by atoms with E-state index in [4.69, 9.17) is 4.74 Å². The van der Waals surface area contributed by atoms with Crippen LogP contribution in [0.15, 0.2) is 18.2 Å². The average Bonchev–Trinajstić information content (AvgIpc) is 2.99. The van der Waals surface area contributed by atoms with Crippen LogP contribution < -0.4 is 10.1 Å². The van der Waals surface area contributed by atoms with Gasteiger partial charge >= 0.3 is 12.1 Å². The van der Waals surface area contributed by atoms with Gasteiger partial charge in [0.25, 0.3) is 5.91 Å². The van der Waals surface area contributed by atoms with Crippen LogP contribution in [0.2, 0.25) is 0 Å². The summed E-state index contributed by atoms with van der Waals surface area (Å²) in [5.41, 5.74) is 0.249. The van der Waals surface area contributed by atoms with Crippen molar-refractivity contribution in [2.75, 3.05) is 18.5 Å². The number of nitrogens with one attached hydrogen (secondary N) is 1. The summed E-state index contributed by atoms with van der Waals surface area (Å²) in [6.07, 6.45) is -4.85. The Bertz CT molecular complexity index is 829. The van der Waals surface area contributed by atoms with Crippen LogP contribution in [0.3, 0.4) is 0 Å². The molecule has 0 aliphatic carbocycles. The van der Waals surface area contributed by atoms with Crippen LogP contribution in [0.4, 0.5) is 18.3 Å². The van der Waals surface area contributed by atoms with Gasteiger partial charge in [0.2, 0.25) is 0 Å². The van der Waals surface area contributed by atoms with Crippen molar-refractivity contribution in [2.24, 2.45) is 0 Å². The molecule has 2 aromatic rings. The molecule has 1 heterocycles. The van der Waals surface area contributed by atoms with Gasteiger partial charge in [0.05, 0.1) is 6.61 Å². The first-order valence-corrected chi connectivity index (χ1v) is 8.69. The number of nitrogens with zero attached hydrogens (tertiary/aromatic N) is 1. The van der Waals surface area contributed by atoms with Crippen molar-refractivity contribution in [2.45, 2.75) is 26.9 Å². The molecule has 1 N–H and O–H groups in total. The Morgan fingerprint density at radius 1 is 1.22 bits per heavy atom. The van der Waals surface area contributed by atoms with Gasteiger partial charge in [-0.05, 0) is 31.9 Å². The molecule has 1 aromatic carbocycles. The van der Waals surface area contributed by atoms with Crippen molar-refractivity contribution >= 4 is 28.3 Å². The lowest BCUT2D eigenvalue weighted by atomic mass is 10.1. The van der Waals surface area contributed by atoms with Gasteiger partial charge in [0, 0.05) is 0 Å². The zero-order chi connectivity index (χ0) is 20.2. The molecule has 0 atom stereocenters. The summed E-state index contributed by atoms with van der Waals surface area (Å²) in [5, 5.41) is 1.86. The molecular weight excluding hydrogens is 385 g/mol. The Morgan fingerprint density at radius 2 is 1.85 bits per heavy atom. The lowest BCUT2D eigenvalue weighted by molar-refractivity contribution is -0.141. The highest BCUT2D eigenvalue weighted by molar-refractivity contribution is 7.17. The van der Waals surface area contributed by atoms with Crippen molar-refractivity contribution < 1.29 is 32.2 Å². The van der Waals surface area contributed by atoms with Crippen molar-refractivity contribution in [1.82, 2.24) is 4.98 Å². The van der Waals surface area contributed by atoms with Crippen molar-refractivity contribution in [3.05, 3.63) is 39.9 Å². The van der Waals surface area contributed by atoms with Crippen LogP contribution in [-0.4, -0.2) is 30.1 Å². The first-order chi connectivity index (χ1) is 12.6. The minimum Gasteiger partial charge on any atom is -0.483 e. The van der Waals surface area contributed by atoms with Gasteiger partial charge in [0.1, 0.15) is 10.6 Å². The summed E-state index contributed by atoms with van der Waals surface area (Å²) in [6, 6.07) is 5.45. The van der Waals surface area contributed by atoms with Gasteiger partial charge in [-0.1, -0.05) is 29.5 Å². The first kappa shape index (κ1) is 20.7. The maximum absolute atomic E-state index is 13.1. The number of aromatic nitrogens is 1. The summed E-state index contributed by atoms with van der Waals surface area (Å²) < 4.78 is 49.2. The Balaban J connectivity index is 2.12. The maximum atomic E-state index is 13.1. The fraction of sp³-hybridized carbons (Fsp3) is 0.353. The third kappa shape index (κ3) is 5.19. The number of carbonyl (C=O) groups is 2. The molecule has 0 aliphatic rings. The van der Waals surface area contributed by atoms with Gasteiger partial charge in [-0.3, -0.25) is 10.1 Å². The molecule has 0 spiro atoms. The molecule has 2 rings (SSSR count). The highest BCUT2D eigenvalue weighted by Gasteiger charge is 2.40. The molecule has 0 saturated carbocycles. The van der Waals surface area contributed by atoms with Crippen LogP contribution in [0, 0.1) is 13.8 Å². The largest absolute Gasteiger partial charge is 0.483 e. The smallest absolute Gasteiger partial charge is 0.435 e. The van der Waals surface area contributed by atoms with E-state index < -0.39 is 35.2 Å². The molecule has 0 fully saturated rings. The number of para-hydroxylation sites is 1. The Kier molecular flexibility index (Phi) is 6.42. The number of hydrogen-bond acceptors (Lipinski definition) is 6. The monoisotopic (exact) mass is 402 g/mol. The zero-order valence-corrected chi connectivity index (χ0v) is 15.6. The SMILES string of the molecule is CCOC(=O)c1sc(NC(=O)COc2c(C)cccc2C)nc1C(F)(F)F. The number of hydrogen-bond donors (Lipinski definition) is 1. The zero-order valence-electron chi connectivity index (χ0n) is 14.8. The number of esters is 1. The summed E-state index contributed by atoms with van der Waals surface area (Å²) in [4.78, 5) is 26.3. The first-order valence-electron chi connectivity index (χ1n) is 7.87. The average molecular weight is 402 g/mol. The Morgan fingerprint density at radius 3 is 2.41 bits per heavy atom. The van der Waals surface area contributed by atoms with E-state index in [1.54, 1.807) is 0 Å². The van der Waals surface area contributed by atoms with Gasteiger partial charge < -0.3 is 9.47 Å². The molecule has 0 bridgehead atoms. The van der Waals surface area contributed by atoms with Gasteiger partial charge in [-0.15, -0.1) is 0 Å². The molecule has 146 valence electrons. The van der Waals surface area contributed by atoms with Crippen LogP contribution in [-0.2, 0) is 15.7 Å². The minimum atomic E-state index is -4.85. The molecule has 10 heteroatoms. The fourth-order valence-electron chi connectivity index (χ4n) is 2.22. The summed E-state index contributed by atoms with van der Waals surface area (Å²) >= 11 is 0.398. The molecule has 0 saturated heterocycles. The van der Waals surface area contributed by atoms with E-state index in [1.165, 1.54) is 6.92 Å². The number of rotatable bonds is 6. The molecule has 1 aromatic heterocycles. The highest BCUT2D eigenvalue weighted by atomic mass is 32.1. The third-order valence-corrected chi connectivity index (χ3v) is 4.31. The standard InChI is InChI=1S/C17H17F3N2O4S/c1-4-25-15(24)13-14(17(18,19)20)22-16(27-13)21-11(23)8-26-12-9(2)6-5-7-10(12)3/h5-7H,4,8H2,1-3H3,(H,21,22,23). The number of alkyl halides is 3.